The Morgan fingerprint density at radius 1 is 1.13 bits per heavy atom. The molecule has 0 saturated heterocycles. The van der Waals surface area contributed by atoms with Gasteiger partial charge >= 0.3 is 0 Å². The minimum atomic E-state index is -0.128. The first-order valence-corrected chi connectivity index (χ1v) is 8.27. The number of hydrogen-bond acceptors (Lipinski definition) is 2. The van der Waals surface area contributed by atoms with E-state index in [9.17, 15) is 4.79 Å². The molecule has 2 aromatic carbocycles. The van der Waals surface area contributed by atoms with E-state index in [1.54, 1.807) is 6.07 Å². The summed E-state index contributed by atoms with van der Waals surface area (Å²) in [5.74, 6) is -0.128. The maximum absolute atomic E-state index is 12.3. The Bertz CT molecular complexity index is 674. The first-order valence-electron chi connectivity index (χ1n) is 7.52. The molecule has 1 N–H and O–H groups in total. The Hall–Kier alpha value is -1.55. The highest BCUT2D eigenvalue weighted by Crippen LogP contribution is 2.32. The lowest BCUT2D eigenvalue weighted by Gasteiger charge is -2.20. The number of carbonyl (C=O) groups excluding carboxylic acids is 1. The smallest absolute Gasteiger partial charge is 0.238 e. The van der Waals surface area contributed by atoms with Gasteiger partial charge in [0.25, 0.3) is 0 Å². The van der Waals surface area contributed by atoms with Gasteiger partial charge in [-0.1, -0.05) is 66.5 Å². The Labute approximate surface area is 147 Å². The second kappa shape index (κ2) is 8.34. The Morgan fingerprint density at radius 2 is 1.83 bits per heavy atom. The summed E-state index contributed by atoms with van der Waals surface area (Å²) in [5.41, 5.74) is 2.53. The zero-order chi connectivity index (χ0) is 16.8. The average molecular weight is 351 g/mol. The Balaban J connectivity index is 2.02. The molecule has 0 aliphatic heterocycles. The predicted molar refractivity (Wildman–Crippen MR) is 97.2 cm³/mol. The summed E-state index contributed by atoms with van der Waals surface area (Å²) in [6, 6.07) is 13.6. The zero-order valence-electron chi connectivity index (χ0n) is 13.3. The van der Waals surface area contributed by atoms with Crippen molar-refractivity contribution in [3.05, 3.63) is 63.6 Å². The van der Waals surface area contributed by atoms with Crippen LogP contribution in [0, 0.1) is 6.92 Å². The van der Waals surface area contributed by atoms with E-state index in [0.29, 0.717) is 15.7 Å². The number of nitrogens with zero attached hydrogens (tertiary/aromatic N) is 1. The highest BCUT2D eigenvalue weighted by atomic mass is 35.5. The van der Waals surface area contributed by atoms with E-state index in [2.05, 4.69) is 22.3 Å². The van der Waals surface area contributed by atoms with Gasteiger partial charge in [-0.2, -0.15) is 0 Å². The van der Waals surface area contributed by atoms with Crippen LogP contribution in [-0.4, -0.2) is 23.9 Å². The number of anilines is 1. The fourth-order valence-corrected chi connectivity index (χ4v) is 2.74. The van der Waals surface area contributed by atoms with Crippen molar-refractivity contribution in [1.82, 2.24) is 4.90 Å². The predicted octanol–water partition coefficient (Wildman–Crippen LogP) is 4.76. The SMILES string of the molecule is CCN(CC(=O)Nc1c(Cl)ccc(C)c1Cl)Cc1ccccc1. The molecule has 3 nitrogen and oxygen atoms in total. The molecule has 0 fully saturated rings. The average Bonchev–Trinajstić information content (AvgIpc) is 2.55. The Morgan fingerprint density at radius 3 is 2.48 bits per heavy atom. The van der Waals surface area contributed by atoms with Crippen LogP contribution in [0.15, 0.2) is 42.5 Å². The molecule has 0 spiro atoms. The van der Waals surface area contributed by atoms with Gasteiger partial charge < -0.3 is 5.32 Å². The second-order valence-electron chi connectivity index (χ2n) is 5.39. The molecule has 2 rings (SSSR count). The van der Waals surface area contributed by atoms with Gasteiger partial charge in [0.2, 0.25) is 5.91 Å². The van der Waals surface area contributed by atoms with Crippen LogP contribution in [0.4, 0.5) is 5.69 Å². The molecule has 5 heteroatoms. The molecule has 0 aromatic heterocycles. The first-order chi connectivity index (χ1) is 11.0. The van der Waals surface area contributed by atoms with Crippen molar-refractivity contribution in [1.29, 1.82) is 0 Å². The van der Waals surface area contributed by atoms with Gasteiger partial charge in [0.05, 0.1) is 22.3 Å². The van der Waals surface area contributed by atoms with Gasteiger partial charge in [-0.15, -0.1) is 0 Å². The van der Waals surface area contributed by atoms with Gasteiger partial charge in [0, 0.05) is 6.54 Å². The maximum Gasteiger partial charge on any atom is 0.238 e. The molecular formula is C18H20Cl2N2O. The topological polar surface area (TPSA) is 32.3 Å². The van der Waals surface area contributed by atoms with E-state index < -0.39 is 0 Å². The third-order valence-electron chi connectivity index (χ3n) is 3.61. The monoisotopic (exact) mass is 350 g/mol. The van der Waals surface area contributed by atoms with Crippen LogP contribution < -0.4 is 5.32 Å². The maximum atomic E-state index is 12.3. The molecular weight excluding hydrogens is 331 g/mol. The second-order valence-corrected chi connectivity index (χ2v) is 6.18. The number of benzene rings is 2. The molecule has 0 aliphatic rings. The van der Waals surface area contributed by atoms with Crippen LogP contribution >= 0.6 is 23.2 Å². The lowest BCUT2D eigenvalue weighted by Crippen LogP contribution is -2.32. The standard InChI is InChI=1S/C18H20Cl2N2O/c1-3-22(11-14-7-5-4-6-8-14)12-16(23)21-18-15(19)10-9-13(2)17(18)20/h4-10H,3,11-12H2,1-2H3,(H,21,23). The molecule has 0 saturated carbocycles. The molecule has 0 heterocycles. The number of amides is 1. The van der Waals surface area contributed by atoms with Crippen LogP contribution in [0.5, 0.6) is 0 Å². The van der Waals surface area contributed by atoms with Crippen molar-refractivity contribution in [2.75, 3.05) is 18.4 Å². The van der Waals surface area contributed by atoms with E-state index in [1.165, 1.54) is 5.56 Å². The molecule has 1 amide bonds. The van der Waals surface area contributed by atoms with Crippen LogP contribution in [-0.2, 0) is 11.3 Å². The zero-order valence-corrected chi connectivity index (χ0v) is 14.8. The van der Waals surface area contributed by atoms with Crippen LogP contribution in [0.3, 0.4) is 0 Å². The summed E-state index contributed by atoms with van der Waals surface area (Å²) >= 11 is 12.4. The number of nitrogens with one attached hydrogen (secondary N) is 1. The van der Waals surface area contributed by atoms with Crippen molar-refractivity contribution < 1.29 is 4.79 Å². The number of likely N-dealkylation sites (N-methyl/N-ethyl adjacent to an activating group) is 1. The quantitative estimate of drug-likeness (QED) is 0.814. The normalized spacial score (nSPS) is 10.8. The van der Waals surface area contributed by atoms with E-state index >= 15 is 0 Å². The summed E-state index contributed by atoms with van der Waals surface area (Å²) < 4.78 is 0. The minimum absolute atomic E-state index is 0.128. The van der Waals surface area contributed by atoms with Gasteiger partial charge in [0.15, 0.2) is 0 Å². The highest BCUT2D eigenvalue weighted by Gasteiger charge is 2.14. The molecule has 122 valence electrons. The van der Waals surface area contributed by atoms with Crippen molar-refractivity contribution in [3.63, 3.8) is 0 Å². The van der Waals surface area contributed by atoms with Crippen molar-refractivity contribution >= 4 is 34.8 Å². The largest absolute Gasteiger partial charge is 0.322 e. The summed E-state index contributed by atoms with van der Waals surface area (Å²) in [5, 5.41) is 3.75. The van der Waals surface area contributed by atoms with Crippen LogP contribution in [0.25, 0.3) is 0 Å². The van der Waals surface area contributed by atoms with Gasteiger partial charge in [-0.05, 0) is 30.7 Å². The molecule has 0 radical (unpaired) electrons. The number of carbonyl (C=O) groups is 1. The summed E-state index contributed by atoms with van der Waals surface area (Å²) in [7, 11) is 0. The first kappa shape index (κ1) is 17.8. The number of halogens is 2. The number of hydrogen-bond donors (Lipinski definition) is 1. The van der Waals surface area contributed by atoms with Crippen LogP contribution in [0.2, 0.25) is 10.0 Å². The fourth-order valence-electron chi connectivity index (χ4n) is 2.27. The third-order valence-corrected chi connectivity index (χ3v) is 4.41. The van der Waals surface area contributed by atoms with Gasteiger partial charge in [0.1, 0.15) is 0 Å². The van der Waals surface area contributed by atoms with Gasteiger partial charge in [-0.3, -0.25) is 9.69 Å². The molecule has 23 heavy (non-hydrogen) atoms. The summed E-state index contributed by atoms with van der Waals surface area (Å²) in [6.45, 7) is 5.69. The third kappa shape index (κ3) is 4.96. The van der Waals surface area contributed by atoms with Gasteiger partial charge in [-0.25, -0.2) is 0 Å². The lowest BCUT2D eigenvalue weighted by molar-refractivity contribution is -0.117. The highest BCUT2D eigenvalue weighted by molar-refractivity contribution is 6.40. The summed E-state index contributed by atoms with van der Waals surface area (Å²) in [4.78, 5) is 14.4. The van der Waals surface area contributed by atoms with Crippen molar-refractivity contribution in [2.24, 2.45) is 0 Å². The molecule has 2 aromatic rings. The van der Waals surface area contributed by atoms with Crippen LogP contribution in [0.1, 0.15) is 18.1 Å². The lowest BCUT2D eigenvalue weighted by atomic mass is 10.2. The van der Waals surface area contributed by atoms with E-state index in [1.807, 2.05) is 38.1 Å². The minimum Gasteiger partial charge on any atom is -0.322 e. The molecule has 0 unspecified atom stereocenters. The molecule has 0 aliphatic carbocycles. The van der Waals surface area contributed by atoms with E-state index in [0.717, 1.165) is 18.7 Å². The number of rotatable bonds is 6. The fraction of sp³-hybridized carbons (Fsp3) is 0.278. The molecule has 0 bridgehead atoms. The summed E-state index contributed by atoms with van der Waals surface area (Å²) in [6.07, 6.45) is 0. The van der Waals surface area contributed by atoms with Crippen molar-refractivity contribution in [3.8, 4) is 0 Å². The van der Waals surface area contributed by atoms with E-state index in [-0.39, 0.29) is 12.5 Å². The van der Waals surface area contributed by atoms with Crippen molar-refractivity contribution in [2.45, 2.75) is 20.4 Å². The van der Waals surface area contributed by atoms with E-state index in [4.69, 9.17) is 23.2 Å². The Kier molecular flexibility index (Phi) is 6.46. The molecule has 0 atom stereocenters. The number of aryl methyl sites for hydroxylation is 1.